The Labute approximate surface area is 103 Å². The summed E-state index contributed by atoms with van der Waals surface area (Å²) in [6, 6.07) is 2.03. The fourth-order valence-corrected chi connectivity index (χ4v) is 2.62. The summed E-state index contributed by atoms with van der Waals surface area (Å²) in [5.74, 6) is 0.660. The average Bonchev–Trinajstić information content (AvgIpc) is 2.59. The highest BCUT2D eigenvalue weighted by molar-refractivity contribution is 7.10. The third-order valence-corrected chi connectivity index (χ3v) is 3.63. The molecular weight excluding hydrogens is 218 g/mol. The maximum Gasteiger partial charge on any atom is 0.0891 e. The van der Waals surface area contributed by atoms with Gasteiger partial charge in [0.05, 0.1) is 5.60 Å². The minimum atomic E-state index is -0.700. The summed E-state index contributed by atoms with van der Waals surface area (Å²) in [6.07, 6.45) is 0.761. The normalized spacial score (nSPS) is 15.4. The lowest BCUT2D eigenvalue weighted by Gasteiger charge is -2.24. The second-order valence-corrected chi connectivity index (χ2v) is 6.13. The summed E-state index contributed by atoms with van der Waals surface area (Å²) in [5, 5.41) is 15.8. The molecule has 2 nitrogen and oxygen atoms in total. The Balaban J connectivity index is 2.43. The Morgan fingerprint density at radius 2 is 2.19 bits per heavy atom. The van der Waals surface area contributed by atoms with Gasteiger partial charge in [-0.1, -0.05) is 13.8 Å². The van der Waals surface area contributed by atoms with Crippen molar-refractivity contribution in [1.29, 1.82) is 0 Å². The van der Waals surface area contributed by atoms with Crippen molar-refractivity contribution in [2.24, 2.45) is 5.92 Å². The predicted octanol–water partition coefficient (Wildman–Crippen LogP) is 2.90. The van der Waals surface area contributed by atoms with Crippen LogP contribution in [0.3, 0.4) is 0 Å². The van der Waals surface area contributed by atoms with E-state index in [0.717, 1.165) is 25.1 Å². The van der Waals surface area contributed by atoms with E-state index >= 15 is 0 Å². The number of rotatable bonds is 6. The van der Waals surface area contributed by atoms with Crippen LogP contribution >= 0.6 is 11.3 Å². The smallest absolute Gasteiger partial charge is 0.0891 e. The number of nitrogens with one attached hydrogen (secondary N) is 1. The van der Waals surface area contributed by atoms with E-state index in [4.69, 9.17) is 0 Å². The lowest BCUT2D eigenvalue weighted by molar-refractivity contribution is 0.0477. The second-order valence-electron chi connectivity index (χ2n) is 5.01. The summed E-state index contributed by atoms with van der Waals surface area (Å²) in [6.45, 7) is 10.2. The van der Waals surface area contributed by atoms with E-state index < -0.39 is 5.60 Å². The highest BCUT2D eigenvalue weighted by Gasteiger charge is 2.24. The molecule has 0 aromatic carbocycles. The van der Waals surface area contributed by atoms with Crippen LogP contribution < -0.4 is 5.32 Å². The van der Waals surface area contributed by atoms with Crippen molar-refractivity contribution in [1.82, 2.24) is 5.32 Å². The van der Waals surface area contributed by atoms with Gasteiger partial charge in [0.2, 0.25) is 0 Å². The Morgan fingerprint density at radius 1 is 1.50 bits per heavy atom. The first-order valence-electron chi connectivity index (χ1n) is 5.91. The number of thiophene rings is 1. The van der Waals surface area contributed by atoms with Crippen molar-refractivity contribution in [3.8, 4) is 0 Å². The molecule has 1 unspecified atom stereocenters. The van der Waals surface area contributed by atoms with Crippen LogP contribution in [0, 0.1) is 12.8 Å². The van der Waals surface area contributed by atoms with Crippen LogP contribution in [0.4, 0.5) is 0 Å². The molecule has 0 saturated carbocycles. The summed E-state index contributed by atoms with van der Waals surface area (Å²) in [4.78, 5) is 1.22. The standard InChI is InChI=1S/C13H23NOS/c1-10(2)9-14-7-6-13(4,15)12-5-8-16-11(12)3/h5,8,10,14-15H,6-7,9H2,1-4H3. The molecule has 0 aliphatic rings. The summed E-state index contributed by atoms with van der Waals surface area (Å²) in [7, 11) is 0. The molecule has 0 bridgehead atoms. The fourth-order valence-electron chi connectivity index (χ4n) is 1.80. The molecule has 0 fully saturated rings. The molecule has 1 aromatic heterocycles. The van der Waals surface area contributed by atoms with Crippen molar-refractivity contribution in [3.63, 3.8) is 0 Å². The van der Waals surface area contributed by atoms with Gasteiger partial charge < -0.3 is 10.4 Å². The van der Waals surface area contributed by atoms with Crippen LogP contribution in [-0.2, 0) is 5.60 Å². The van der Waals surface area contributed by atoms with E-state index in [1.807, 2.05) is 18.4 Å². The zero-order chi connectivity index (χ0) is 12.2. The van der Waals surface area contributed by atoms with Crippen molar-refractivity contribution >= 4 is 11.3 Å². The van der Waals surface area contributed by atoms with Gasteiger partial charge in [-0.3, -0.25) is 0 Å². The molecule has 92 valence electrons. The van der Waals surface area contributed by atoms with Crippen LogP contribution in [-0.4, -0.2) is 18.2 Å². The van der Waals surface area contributed by atoms with E-state index in [1.165, 1.54) is 4.88 Å². The Hall–Kier alpha value is -0.380. The van der Waals surface area contributed by atoms with Gasteiger partial charge in [0.25, 0.3) is 0 Å². The van der Waals surface area contributed by atoms with Crippen LogP contribution in [0.2, 0.25) is 0 Å². The lowest BCUT2D eigenvalue weighted by atomic mass is 9.93. The van der Waals surface area contributed by atoms with Gasteiger partial charge in [-0.2, -0.15) is 0 Å². The quantitative estimate of drug-likeness (QED) is 0.751. The van der Waals surface area contributed by atoms with Gasteiger partial charge in [-0.25, -0.2) is 0 Å². The monoisotopic (exact) mass is 241 g/mol. The third-order valence-electron chi connectivity index (χ3n) is 2.78. The molecular formula is C13H23NOS. The van der Waals surface area contributed by atoms with Crippen molar-refractivity contribution in [2.75, 3.05) is 13.1 Å². The van der Waals surface area contributed by atoms with E-state index in [9.17, 15) is 5.11 Å². The van der Waals surface area contributed by atoms with Crippen molar-refractivity contribution in [3.05, 3.63) is 21.9 Å². The minimum absolute atomic E-state index is 0.660. The largest absolute Gasteiger partial charge is 0.385 e. The number of aliphatic hydroxyl groups is 1. The van der Waals surface area contributed by atoms with E-state index in [1.54, 1.807) is 11.3 Å². The van der Waals surface area contributed by atoms with Crippen LogP contribution in [0.1, 0.15) is 37.6 Å². The van der Waals surface area contributed by atoms with Gasteiger partial charge >= 0.3 is 0 Å². The summed E-state index contributed by atoms with van der Waals surface area (Å²) < 4.78 is 0. The van der Waals surface area contributed by atoms with Crippen LogP contribution in [0.5, 0.6) is 0 Å². The molecule has 0 spiro atoms. The number of hydrogen-bond donors (Lipinski definition) is 2. The SMILES string of the molecule is Cc1sccc1C(C)(O)CCNCC(C)C. The Morgan fingerprint density at radius 3 is 2.69 bits per heavy atom. The predicted molar refractivity (Wildman–Crippen MR) is 71.0 cm³/mol. The molecule has 2 N–H and O–H groups in total. The maximum atomic E-state index is 10.4. The molecule has 0 saturated heterocycles. The lowest BCUT2D eigenvalue weighted by Crippen LogP contribution is -2.29. The molecule has 1 heterocycles. The highest BCUT2D eigenvalue weighted by Crippen LogP contribution is 2.29. The van der Waals surface area contributed by atoms with E-state index in [0.29, 0.717) is 5.92 Å². The van der Waals surface area contributed by atoms with Crippen molar-refractivity contribution in [2.45, 2.75) is 39.7 Å². The molecule has 0 aliphatic carbocycles. The highest BCUT2D eigenvalue weighted by atomic mass is 32.1. The first kappa shape index (κ1) is 13.7. The molecule has 1 aromatic rings. The Bertz CT molecular complexity index is 317. The first-order valence-corrected chi connectivity index (χ1v) is 6.79. The number of hydrogen-bond acceptors (Lipinski definition) is 3. The van der Waals surface area contributed by atoms with E-state index in [2.05, 4.69) is 26.1 Å². The van der Waals surface area contributed by atoms with Crippen molar-refractivity contribution < 1.29 is 5.11 Å². The second kappa shape index (κ2) is 5.80. The summed E-state index contributed by atoms with van der Waals surface area (Å²) >= 11 is 1.69. The maximum absolute atomic E-state index is 10.4. The minimum Gasteiger partial charge on any atom is -0.385 e. The molecule has 0 amide bonds. The van der Waals surface area contributed by atoms with Gasteiger partial charge in [0.1, 0.15) is 0 Å². The molecule has 1 rings (SSSR count). The van der Waals surface area contributed by atoms with Gasteiger partial charge in [-0.05, 0) is 56.3 Å². The first-order chi connectivity index (χ1) is 7.43. The van der Waals surface area contributed by atoms with E-state index in [-0.39, 0.29) is 0 Å². The molecule has 3 heteroatoms. The fraction of sp³-hybridized carbons (Fsp3) is 0.692. The Kier molecular flexibility index (Phi) is 4.96. The third kappa shape index (κ3) is 3.89. The number of aryl methyl sites for hydroxylation is 1. The van der Waals surface area contributed by atoms with Gasteiger partial charge in [-0.15, -0.1) is 11.3 Å². The average molecular weight is 241 g/mol. The van der Waals surface area contributed by atoms with Gasteiger partial charge in [0, 0.05) is 4.88 Å². The molecule has 1 atom stereocenters. The zero-order valence-corrected chi connectivity index (χ0v) is 11.5. The zero-order valence-electron chi connectivity index (χ0n) is 10.7. The molecule has 0 radical (unpaired) electrons. The topological polar surface area (TPSA) is 32.3 Å². The van der Waals surface area contributed by atoms with Crippen LogP contribution in [0.15, 0.2) is 11.4 Å². The molecule has 0 aliphatic heterocycles. The summed E-state index contributed by atoms with van der Waals surface area (Å²) in [5.41, 5.74) is 0.373. The van der Waals surface area contributed by atoms with Gasteiger partial charge in [0.15, 0.2) is 0 Å². The van der Waals surface area contributed by atoms with Crippen LogP contribution in [0.25, 0.3) is 0 Å². The molecule has 16 heavy (non-hydrogen) atoms.